The number of amides is 1. The maximum atomic E-state index is 12.1. The second-order valence-corrected chi connectivity index (χ2v) is 4.04. The van der Waals surface area contributed by atoms with Crippen LogP contribution in [0.25, 0.3) is 0 Å². The molecule has 1 atom stereocenters. The molecular weight excluding hydrogens is 202 g/mol. The van der Waals surface area contributed by atoms with Gasteiger partial charge in [0.25, 0.3) is 0 Å². The monoisotopic (exact) mass is 227 g/mol. The Bertz CT molecular complexity index is 204. The number of rotatable bonds is 9. The summed E-state index contributed by atoms with van der Waals surface area (Å²) < 4.78 is 0. The van der Waals surface area contributed by atoms with Crippen LogP contribution >= 0.6 is 0 Å². The van der Waals surface area contributed by atoms with E-state index in [0.717, 1.165) is 25.7 Å². The third kappa shape index (κ3) is 5.31. The van der Waals surface area contributed by atoms with E-state index >= 15 is 0 Å². The highest BCUT2D eigenvalue weighted by Crippen LogP contribution is 2.15. The Morgan fingerprint density at radius 1 is 1.50 bits per heavy atom. The molecule has 16 heavy (non-hydrogen) atoms. The molecule has 0 bridgehead atoms. The molecule has 0 radical (unpaired) electrons. The van der Waals surface area contributed by atoms with E-state index in [4.69, 9.17) is 5.11 Å². The third-order valence-corrected chi connectivity index (χ3v) is 2.78. The zero-order valence-electron chi connectivity index (χ0n) is 10.6. The Morgan fingerprint density at radius 3 is 2.62 bits per heavy atom. The molecule has 3 nitrogen and oxygen atoms in total. The average molecular weight is 227 g/mol. The average Bonchev–Trinajstić information content (AvgIpc) is 2.29. The van der Waals surface area contributed by atoms with Crippen molar-refractivity contribution in [3.8, 4) is 0 Å². The molecule has 1 unspecified atom stereocenters. The maximum Gasteiger partial charge on any atom is 0.226 e. The van der Waals surface area contributed by atoms with E-state index in [9.17, 15) is 4.79 Å². The molecule has 1 amide bonds. The summed E-state index contributed by atoms with van der Waals surface area (Å²) in [4.78, 5) is 13.8. The van der Waals surface area contributed by atoms with Gasteiger partial charge in [-0.15, -0.1) is 6.58 Å². The van der Waals surface area contributed by atoms with E-state index < -0.39 is 0 Å². The van der Waals surface area contributed by atoms with Crippen molar-refractivity contribution >= 4 is 5.91 Å². The maximum absolute atomic E-state index is 12.1. The highest BCUT2D eigenvalue weighted by molar-refractivity contribution is 5.78. The summed E-state index contributed by atoms with van der Waals surface area (Å²) in [6.45, 7) is 8.77. The largest absolute Gasteiger partial charge is 0.395 e. The summed E-state index contributed by atoms with van der Waals surface area (Å²) in [6.07, 6.45) is 5.74. The highest BCUT2D eigenvalue weighted by atomic mass is 16.3. The molecule has 0 saturated carbocycles. The summed E-state index contributed by atoms with van der Waals surface area (Å²) >= 11 is 0. The predicted octanol–water partition coefficient (Wildman–Crippen LogP) is 2.21. The molecule has 0 aromatic rings. The number of aliphatic hydroxyl groups is 1. The van der Waals surface area contributed by atoms with E-state index in [1.165, 1.54) is 0 Å². The quantitative estimate of drug-likeness (QED) is 0.613. The van der Waals surface area contributed by atoms with Gasteiger partial charge in [0.2, 0.25) is 5.91 Å². The first-order valence-corrected chi connectivity index (χ1v) is 6.21. The van der Waals surface area contributed by atoms with Gasteiger partial charge in [-0.3, -0.25) is 4.79 Å². The van der Waals surface area contributed by atoms with Crippen molar-refractivity contribution < 1.29 is 9.90 Å². The predicted molar refractivity (Wildman–Crippen MR) is 67.2 cm³/mol. The van der Waals surface area contributed by atoms with Gasteiger partial charge in [0, 0.05) is 19.0 Å². The van der Waals surface area contributed by atoms with Gasteiger partial charge in [-0.05, 0) is 12.8 Å². The minimum Gasteiger partial charge on any atom is -0.395 e. The van der Waals surface area contributed by atoms with Gasteiger partial charge in [0.1, 0.15) is 0 Å². The number of carbonyl (C=O) groups is 1. The van der Waals surface area contributed by atoms with Gasteiger partial charge in [0.05, 0.1) is 6.61 Å². The zero-order chi connectivity index (χ0) is 12.4. The van der Waals surface area contributed by atoms with E-state index in [1.54, 1.807) is 11.0 Å². The Morgan fingerprint density at radius 2 is 2.19 bits per heavy atom. The van der Waals surface area contributed by atoms with Crippen molar-refractivity contribution in [3.05, 3.63) is 12.7 Å². The third-order valence-electron chi connectivity index (χ3n) is 2.78. The second-order valence-electron chi connectivity index (χ2n) is 4.04. The zero-order valence-corrected chi connectivity index (χ0v) is 10.6. The smallest absolute Gasteiger partial charge is 0.226 e. The molecule has 0 heterocycles. The molecule has 0 aliphatic rings. The fourth-order valence-corrected chi connectivity index (χ4v) is 1.78. The van der Waals surface area contributed by atoms with Crippen LogP contribution in [0.4, 0.5) is 0 Å². The number of nitrogens with zero attached hydrogens (tertiary/aromatic N) is 1. The summed E-state index contributed by atoms with van der Waals surface area (Å²) in [5.74, 6) is 0.261. The minimum atomic E-state index is 0.0177. The van der Waals surface area contributed by atoms with Gasteiger partial charge in [-0.2, -0.15) is 0 Å². The fraction of sp³-hybridized carbons (Fsp3) is 0.769. The van der Waals surface area contributed by atoms with Gasteiger partial charge in [-0.25, -0.2) is 0 Å². The molecule has 0 fully saturated rings. The normalized spacial score (nSPS) is 12.2. The van der Waals surface area contributed by atoms with Crippen LogP contribution in [0.2, 0.25) is 0 Å². The molecule has 0 saturated heterocycles. The lowest BCUT2D eigenvalue weighted by Crippen LogP contribution is -2.38. The second kappa shape index (κ2) is 9.40. The lowest BCUT2D eigenvalue weighted by Gasteiger charge is -2.25. The van der Waals surface area contributed by atoms with Crippen LogP contribution in [-0.4, -0.2) is 35.6 Å². The highest BCUT2D eigenvalue weighted by Gasteiger charge is 2.20. The van der Waals surface area contributed by atoms with Crippen LogP contribution < -0.4 is 0 Å². The molecule has 94 valence electrons. The first kappa shape index (κ1) is 15.2. The number of aliphatic hydroxyl groups excluding tert-OH is 1. The molecule has 0 aliphatic heterocycles. The topological polar surface area (TPSA) is 40.5 Å². The van der Waals surface area contributed by atoms with Gasteiger partial charge in [-0.1, -0.05) is 32.8 Å². The van der Waals surface area contributed by atoms with Crippen molar-refractivity contribution in [1.82, 2.24) is 4.90 Å². The molecule has 3 heteroatoms. The number of hydrogen-bond donors (Lipinski definition) is 1. The fourth-order valence-electron chi connectivity index (χ4n) is 1.78. The first-order valence-electron chi connectivity index (χ1n) is 6.21. The van der Waals surface area contributed by atoms with Crippen LogP contribution in [0.15, 0.2) is 12.7 Å². The summed E-state index contributed by atoms with van der Waals surface area (Å²) in [5.41, 5.74) is 0. The summed E-state index contributed by atoms with van der Waals surface area (Å²) in [7, 11) is 0. The number of unbranched alkanes of at least 4 members (excludes halogenated alkanes) is 1. The molecule has 0 spiro atoms. The minimum absolute atomic E-state index is 0.0177. The van der Waals surface area contributed by atoms with Gasteiger partial charge >= 0.3 is 0 Å². The van der Waals surface area contributed by atoms with Gasteiger partial charge in [0.15, 0.2) is 0 Å². The van der Waals surface area contributed by atoms with Crippen molar-refractivity contribution in [2.75, 3.05) is 19.7 Å². The van der Waals surface area contributed by atoms with Crippen molar-refractivity contribution in [2.45, 2.75) is 39.5 Å². The molecule has 0 aliphatic carbocycles. The first-order chi connectivity index (χ1) is 7.71. The van der Waals surface area contributed by atoms with E-state index in [-0.39, 0.29) is 18.4 Å². The van der Waals surface area contributed by atoms with Crippen molar-refractivity contribution in [2.24, 2.45) is 5.92 Å². The van der Waals surface area contributed by atoms with E-state index in [2.05, 4.69) is 13.5 Å². The van der Waals surface area contributed by atoms with Crippen LogP contribution in [-0.2, 0) is 4.79 Å². The Hall–Kier alpha value is -0.830. The molecular formula is C13H25NO2. The molecule has 0 rings (SSSR count). The van der Waals surface area contributed by atoms with Crippen LogP contribution in [0.5, 0.6) is 0 Å². The molecule has 1 N–H and O–H groups in total. The van der Waals surface area contributed by atoms with Crippen molar-refractivity contribution in [1.29, 1.82) is 0 Å². The van der Waals surface area contributed by atoms with Crippen LogP contribution in [0.1, 0.15) is 39.5 Å². The SMILES string of the molecule is C=CCN(CCO)C(=O)C(CC)CCCC. The van der Waals surface area contributed by atoms with E-state index in [1.807, 2.05) is 6.92 Å². The Balaban J connectivity index is 4.34. The van der Waals surface area contributed by atoms with Gasteiger partial charge < -0.3 is 10.0 Å². The van der Waals surface area contributed by atoms with E-state index in [0.29, 0.717) is 13.1 Å². The van der Waals surface area contributed by atoms with Crippen molar-refractivity contribution in [3.63, 3.8) is 0 Å². The number of carbonyl (C=O) groups excluding carboxylic acids is 1. The lowest BCUT2D eigenvalue weighted by molar-refractivity contribution is -0.135. The molecule has 0 aromatic heterocycles. The van der Waals surface area contributed by atoms with Crippen LogP contribution in [0.3, 0.4) is 0 Å². The number of hydrogen-bond acceptors (Lipinski definition) is 2. The Labute approximate surface area is 99.1 Å². The Kier molecular flexibility index (Phi) is 8.91. The standard InChI is InChI=1S/C13H25NO2/c1-4-7-8-12(6-3)13(16)14(9-5-2)10-11-15/h5,12,15H,2,4,6-11H2,1,3H3. The summed E-state index contributed by atoms with van der Waals surface area (Å²) in [6, 6.07) is 0. The van der Waals surface area contributed by atoms with Crippen LogP contribution in [0, 0.1) is 5.92 Å². The molecule has 0 aromatic carbocycles. The lowest BCUT2D eigenvalue weighted by atomic mass is 9.97. The summed E-state index contributed by atoms with van der Waals surface area (Å²) in [5, 5.41) is 8.91.